The summed E-state index contributed by atoms with van der Waals surface area (Å²) in [6, 6.07) is 11.9. The monoisotopic (exact) mass is 359 g/mol. The molecule has 0 saturated carbocycles. The molecule has 0 atom stereocenters. The van der Waals surface area contributed by atoms with Crippen LogP contribution in [0.25, 0.3) is 28.3 Å². The van der Waals surface area contributed by atoms with Gasteiger partial charge in [0.15, 0.2) is 0 Å². The van der Waals surface area contributed by atoms with Gasteiger partial charge in [0.2, 0.25) is 5.78 Å². The van der Waals surface area contributed by atoms with Crippen molar-refractivity contribution in [3.63, 3.8) is 0 Å². The van der Waals surface area contributed by atoms with E-state index in [0.717, 1.165) is 28.3 Å². The maximum atomic E-state index is 13.1. The van der Waals surface area contributed by atoms with Crippen LogP contribution in [0.15, 0.2) is 54.9 Å². The number of benzene rings is 2. The fourth-order valence-electron chi connectivity index (χ4n) is 2.74. The van der Waals surface area contributed by atoms with Crippen molar-refractivity contribution in [1.29, 1.82) is 0 Å². The minimum Gasteiger partial charge on any atom is -0.313 e. The van der Waals surface area contributed by atoms with Crippen molar-refractivity contribution >= 4 is 29.0 Å². The SMILES string of the molecule is Cn1c(-c2ccc(F)cc2)cn2cc(-c3ccc(Cl)c(Cl)c3)nc12. The van der Waals surface area contributed by atoms with Gasteiger partial charge in [0.05, 0.1) is 21.4 Å². The molecular formula is C18H12Cl2FN3. The number of fused-ring (bicyclic) bond motifs is 1. The number of hydrogen-bond donors (Lipinski definition) is 0. The second-order valence-corrected chi connectivity index (χ2v) is 6.36. The van der Waals surface area contributed by atoms with Gasteiger partial charge in [0.25, 0.3) is 0 Å². The number of nitrogens with zero attached hydrogens (tertiary/aromatic N) is 3. The molecule has 2 heterocycles. The highest BCUT2D eigenvalue weighted by Crippen LogP contribution is 2.29. The second-order valence-electron chi connectivity index (χ2n) is 5.54. The molecule has 0 radical (unpaired) electrons. The van der Waals surface area contributed by atoms with Crippen molar-refractivity contribution in [2.45, 2.75) is 0 Å². The van der Waals surface area contributed by atoms with Crippen LogP contribution in [-0.2, 0) is 7.05 Å². The van der Waals surface area contributed by atoms with Gasteiger partial charge in [-0.1, -0.05) is 29.3 Å². The van der Waals surface area contributed by atoms with Gasteiger partial charge in [-0.3, -0.25) is 4.40 Å². The molecule has 0 aliphatic rings. The Balaban J connectivity index is 1.80. The average molecular weight is 360 g/mol. The lowest BCUT2D eigenvalue weighted by Gasteiger charge is -2.03. The van der Waals surface area contributed by atoms with Gasteiger partial charge in [-0.2, -0.15) is 0 Å². The zero-order valence-electron chi connectivity index (χ0n) is 12.7. The van der Waals surface area contributed by atoms with Crippen LogP contribution < -0.4 is 0 Å². The van der Waals surface area contributed by atoms with E-state index >= 15 is 0 Å². The molecule has 2 aromatic carbocycles. The predicted octanol–water partition coefficient (Wildman–Crippen LogP) is 5.45. The first kappa shape index (κ1) is 15.2. The predicted molar refractivity (Wildman–Crippen MR) is 95.0 cm³/mol. The molecule has 24 heavy (non-hydrogen) atoms. The summed E-state index contributed by atoms with van der Waals surface area (Å²) in [6.07, 6.45) is 3.90. The highest BCUT2D eigenvalue weighted by molar-refractivity contribution is 6.42. The number of rotatable bonds is 2. The Kier molecular flexibility index (Phi) is 3.59. The molecule has 0 fully saturated rings. The van der Waals surface area contributed by atoms with E-state index in [-0.39, 0.29) is 5.82 Å². The molecule has 4 aromatic rings. The van der Waals surface area contributed by atoms with E-state index in [1.807, 2.05) is 34.5 Å². The third-order valence-electron chi connectivity index (χ3n) is 3.99. The lowest BCUT2D eigenvalue weighted by molar-refractivity contribution is 0.628. The van der Waals surface area contributed by atoms with Gasteiger partial charge >= 0.3 is 0 Å². The number of aryl methyl sites for hydroxylation is 1. The molecule has 0 bridgehead atoms. The minimum absolute atomic E-state index is 0.250. The number of halogens is 3. The zero-order chi connectivity index (χ0) is 16.8. The highest BCUT2D eigenvalue weighted by Gasteiger charge is 2.13. The zero-order valence-corrected chi connectivity index (χ0v) is 14.2. The number of hydrogen-bond acceptors (Lipinski definition) is 1. The van der Waals surface area contributed by atoms with E-state index in [1.54, 1.807) is 24.3 Å². The third-order valence-corrected chi connectivity index (χ3v) is 4.73. The summed E-state index contributed by atoms with van der Waals surface area (Å²) in [7, 11) is 1.93. The van der Waals surface area contributed by atoms with Crippen molar-refractivity contribution in [3.8, 4) is 22.5 Å². The summed E-state index contributed by atoms with van der Waals surface area (Å²) in [5, 5.41) is 1.01. The Morgan fingerprint density at radius 1 is 0.917 bits per heavy atom. The van der Waals surface area contributed by atoms with Crippen LogP contribution in [0.2, 0.25) is 10.0 Å². The van der Waals surface area contributed by atoms with E-state index < -0.39 is 0 Å². The summed E-state index contributed by atoms with van der Waals surface area (Å²) in [5.41, 5.74) is 3.60. The smallest absolute Gasteiger partial charge is 0.214 e. The minimum atomic E-state index is -0.250. The first-order valence-corrected chi connectivity index (χ1v) is 8.04. The fraction of sp³-hybridized carbons (Fsp3) is 0.0556. The van der Waals surface area contributed by atoms with E-state index in [9.17, 15) is 4.39 Å². The molecule has 0 amide bonds. The van der Waals surface area contributed by atoms with Crippen molar-refractivity contribution in [2.75, 3.05) is 0 Å². The fourth-order valence-corrected chi connectivity index (χ4v) is 3.03. The molecule has 6 heteroatoms. The topological polar surface area (TPSA) is 22.2 Å². The lowest BCUT2D eigenvalue weighted by atomic mass is 10.1. The van der Waals surface area contributed by atoms with E-state index in [4.69, 9.17) is 23.2 Å². The van der Waals surface area contributed by atoms with Crippen molar-refractivity contribution in [1.82, 2.24) is 14.0 Å². The van der Waals surface area contributed by atoms with Gasteiger partial charge in [0, 0.05) is 25.0 Å². The van der Waals surface area contributed by atoms with Crippen LogP contribution in [0.5, 0.6) is 0 Å². The molecule has 0 N–H and O–H groups in total. The Bertz CT molecular complexity index is 1050. The Labute approximate surface area is 147 Å². The van der Waals surface area contributed by atoms with Crippen molar-refractivity contribution < 1.29 is 4.39 Å². The third kappa shape index (κ3) is 2.48. The summed E-state index contributed by atoms with van der Waals surface area (Å²) in [5.74, 6) is 0.537. The van der Waals surface area contributed by atoms with Gasteiger partial charge in [-0.05, 0) is 42.0 Å². The van der Waals surface area contributed by atoms with Crippen LogP contribution in [-0.4, -0.2) is 14.0 Å². The van der Waals surface area contributed by atoms with Crippen LogP contribution in [0, 0.1) is 5.82 Å². The lowest BCUT2D eigenvalue weighted by Crippen LogP contribution is -1.92. The molecule has 120 valence electrons. The average Bonchev–Trinajstić information content (AvgIpc) is 3.11. The maximum Gasteiger partial charge on any atom is 0.214 e. The summed E-state index contributed by atoms with van der Waals surface area (Å²) < 4.78 is 17.0. The molecule has 4 rings (SSSR count). The van der Waals surface area contributed by atoms with E-state index in [0.29, 0.717) is 10.0 Å². The highest BCUT2D eigenvalue weighted by atomic mass is 35.5. The quantitative estimate of drug-likeness (QED) is 0.466. The Morgan fingerprint density at radius 2 is 1.62 bits per heavy atom. The molecular weight excluding hydrogens is 348 g/mol. The van der Waals surface area contributed by atoms with Crippen molar-refractivity contribution in [2.24, 2.45) is 7.05 Å². The van der Waals surface area contributed by atoms with E-state index in [1.165, 1.54) is 12.1 Å². The Morgan fingerprint density at radius 3 is 2.29 bits per heavy atom. The van der Waals surface area contributed by atoms with Gasteiger partial charge in [0.1, 0.15) is 5.82 Å². The maximum absolute atomic E-state index is 13.1. The van der Waals surface area contributed by atoms with Gasteiger partial charge in [-0.25, -0.2) is 9.37 Å². The molecule has 0 spiro atoms. The largest absolute Gasteiger partial charge is 0.313 e. The van der Waals surface area contributed by atoms with Crippen LogP contribution in [0.1, 0.15) is 0 Å². The summed E-state index contributed by atoms with van der Waals surface area (Å²) >= 11 is 12.0. The van der Waals surface area contributed by atoms with Crippen LogP contribution in [0.3, 0.4) is 0 Å². The summed E-state index contributed by atoms with van der Waals surface area (Å²) in [6.45, 7) is 0. The van der Waals surface area contributed by atoms with Gasteiger partial charge in [-0.15, -0.1) is 0 Å². The normalized spacial score (nSPS) is 11.3. The first-order valence-electron chi connectivity index (χ1n) is 7.29. The second kappa shape index (κ2) is 5.65. The molecule has 2 aromatic heterocycles. The first-order chi connectivity index (χ1) is 11.5. The van der Waals surface area contributed by atoms with Crippen molar-refractivity contribution in [3.05, 3.63) is 70.7 Å². The van der Waals surface area contributed by atoms with E-state index in [2.05, 4.69) is 4.98 Å². The standard InChI is InChI=1S/C18H12Cl2FN3/c1-23-17(11-2-5-13(21)6-3-11)10-24-9-16(22-18(23)24)12-4-7-14(19)15(20)8-12/h2-10H,1H3. The molecule has 3 nitrogen and oxygen atoms in total. The molecule has 0 saturated heterocycles. The van der Waals surface area contributed by atoms with Crippen LogP contribution in [0.4, 0.5) is 4.39 Å². The van der Waals surface area contributed by atoms with Crippen LogP contribution >= 0.6 is 23.2 Å². The number of imidazole rings is 2. The number of aromatic nitrogens is 3. The summed E-state index contributed by atoms with van der Waals surface area (Å²) in [4.78, 5) is 4.67. The molecule has 0 aliphatic heterocycles. The molecule has 0 unspecified atom stereocenters. The van der Waals surface area contributed by atoms with Gasteiger partial charge < -0.3 is 4.57 Å². The molecule has 0 aliphatic carbocycles. The Hall–Kier alpha value is -2.30.